The number of aliphatic hydroxyl groups is 1. The minimum Gasteiger partial charge on any atom is -0.385 e. The van der Waals surface area contributed by atoms with E-state index in [4.69, 9.17) is 4.74 Å². The number of rotatable bonds is 10. The van der Waals surface area contributed by atoms with Crippen molar-refractivity contribution in [1.29, 1.82) is 0 Å². The van der Waals surface area contributed by atoms with Gasteiger partial charge in [-0.15, -0.1) is 0 Å². The molecule has 1 aromatic carbocycles. The predicted molar refractivity (Wildman–Crippen MR) is 92.0 cm³/mol. The lowest BCUT2D eigenvalue weighted by Crippen LogP contribution is -2.49. The number of ether oxygens (including phenoxy) is 1. The maximum atomic E-state index is 12.3. The Balaban J connectivity index is 2.44. The van der Waals surface area contributed by atoms with Crippen LogP contribution < -0.4 is 0 Å². The third-order valence-electron chi connectivity index (χ3n) is 3.40. The van der Waals surface area contributed by atoms with E-state index in [9.17, 15) is 9.90 Å². The molecule has 1 atom stereocenters. The van der Waals surface area contributed by atoms with Gasteiger partial charge in [-0.2, -0.15) is 0 Å². The first-order valence-corrected chi connectivity index (χ1v) is 8.50. The largest absolute Gasteiger partial charge is 0.385 e. The predicted octanol–water partition coefficient (Wildman–Crippen LogP) is 2.89. The van der Waals surface area contributed by atoms with E-state index in [0.29, 0.717) is 36.3 Å². The van der Waals surface area contributed by atoms with Crippen molar-refractivity contribution in [2.45, 2.75) is 25.9 Å². The summed E-state index contributed by atoms with van der Waals surface area (Å²) in [6.07, 6.45) is 1.54. The molecule has 0 aromatic heterocycles. The summed E-state index contributed by atoms with van der Waals surface area (Å²) in [7, 11) is 3.90. The topological polar surface area (TPSA) is 46.5 Å². The van der Waals surface area contributed by atoms with Gasteiger partial charge in [0.05, 0.1) is 20.7 Å². The summed E-state index contributed by atoms with van der Waals surface area (Å²) in [4.78, 5) is 12.3. The van der Waals surface area contributed by atoms with E-state index in [1.807, 2.05) is 38.4 Å². The van der Waals surface area contributed by atoms with Gasteiger partial charge >= 0.3 is 0 Å². The van der Waals surface area contributed by atoms with Gasteiger partial charge in [-0.25, -0.2) is 0 Å². The van der Waals surface area contributed by atoms with Crippen LogP contribution in [0.25, 0.3) is 0 Å². The number of carbonyl (C=O) groups is 1. The maximum Gasteiger partial charge on any atom is 0.216 e. The molecule has 1 aromatic rings. The fraction of sp³-hybridized carbons (Fsp3) is 0.588. The Morgan fingerprint density at radius 3 is 2.55 bits per heavy atom. The smallest absolute Gasteiger partial charge is 0.216 e. The van der Waals surface area contributed by atoms with E-state index < -0.39 is 6.10 Å². The lowest BCUT2D eigenvalue weighted by molar-refractivity contribution is -0.885. The molecule has 5 heteroatoms. The van der Waals surface area contributed by atoms with E-state index in [1.165, 1.54) is 0 Å². The molecular weight excluding hydrogens is 346 g/mol. The lowest BCUT2D eigenvalue weighted by Gasteiger charge is -2.31. The second-order valence-electron chi connectivity index (χ2n) is 6.29. The minimum absolute atomic E-state index is 0.0802. The monoisotopic (exact) mass is 372 g/mol. The molecule has 0 fully saturated rings. The van der Waals surface area contributed by atoms with Crippen molar-refractivity contribution < 1.29 is 19.1 Å². The second kappa shape index (κ2) is 9.40. The summed E-state index contributed by atoms with van der Waals surface area (Å²) in [5.41, 5.74) is 0.697. The van der Waals surface area contributed by atoms with Gasteiger partial charge in [0, 0.05) is 16.6 Å². The van der Waals surface area contributed by atoms with Gasteiger partial charge in [-0.05, 0) is 18.6 Å². The van der Waals surface area contributed by atoms with Gasteiger partial charge in [0.15, 0.2) is 0 Å². The highest BCUT2D eigenvalue weighted by atomic mass is 79.9. The van der Waals surface area contributed by atoms with Crippen LogP contribution in [-0.2, 0) is 4.74 Å². The van der Waals surface area contributed by atoms with Gasteiger partial charge in [0.1, 0.15) is 19.2 Å². The molecule has 0 saturated heterocycles. The third kappa shape index (κ3) is 7.49. The normalized spacial score (nSPS) is 13.1. The van der Waals surface area contributed by atoms with E-state index in [0.717, 1.165) is 17.3 Å². The highest BCUT2D eigenvalue weighted by molar-refractivity contribution is 9.10. The highest BCUT2D eigenvalue weighted by Crippen LogP contribution is 2.12. The summed E-state index contributed by atoms with van der Waals surface area (Å²) < 4.78 is 6.83. The third-order valence-corrected chi connectivity index (χ3v) is 3.92. The fourth-order valence-corrected chi connectivity index (χ4v) is 2.53. The molecular formula is C17H27BrNO3+. The number of ketones is 1. The van der Waals surface area contributed by atoms with E-state index >= 15 is 0 Å². The SMILES string of the molecule is CCCCOC[C@H](O)C[N+](C)(C)CC(=O)c1ccc(Br)cc1. The van der Waals surface area contributed by atoms with Crippen molar-refractivity contribution in [2.75, 3.05) is 40.4 Å². The Morgan fingerprint density at radius 2 is 1.95 bits per heavy atom. The zero-order valence-electron chi connectivity index (χ0n) is 13.7. The van der Waals surface area contributed by atoms with Crippen molar-refractivity contribution in [3.05, 3.63) is 34.3 Å². The van der Waals surface area contributed by atoms with Crippen LogP contribution in [0, 0.1) is 0 Å². The number of hydrogen-bond acceptors (Lipinski definition) is 3. The van der Waals surface area contributed by atoms with Crippen molar-refractivity contribution in [3.63, 3.8) is 0 Å². The number of halogens is 1. The van der Waals surface area contributed by atoms with Crippen LogP contribution >= 0.6 is 15.9 Å². The van der Waals surface area contributed by atoms with Crippen LogP contribution in [0.15, 0.2) is 28.7 Å². The summed E-state index contributed by atoms with van der Waals surface area (Å²) >= 11 is 3.36. The molecule has 0 aliphatic carbocycles. The van der Waals surface area contributed by atoms with Gasteiger partial charge < -0.3 is 14.3 Å². The first-order chi connectivity index (χ1) is 10.3. The molecule has 22 heavy (non-hydrogen) atoms. The van der Waals surface area contributed by atoms with Gasteiger partial charge in [0.25, 0.3) is 0 Å². The van der Waals surface area contributed by atoms with Crippen LogP contribution in [-0.4, -0.2) is 61.9 Å². The summed E-state index contributed by atoms with van der Waals surface area (Å²) in [5, 5.41) is 10.0. The number of carbonyl (C=O) groups excluding carboxylic acids is 1. The van der Waals surface area contributed by atoms with Crippen LogP contribution in [0.4, 0.5) is 0 Å². The Bertz CT molecular complexity index is 459. The molecule has 0 aliphatic rings. The molecule has 0 unspecified atom stereocenters. The van der Waals surface area contributed by atoms with Crippen LogP contribution in [0.2, 0.25) is 0 Å². The number of unbranched alkanes of at least 4 members (excludes halogenated alkanes) is 1. The average molecular weight is 373 g/mol. The molecule has 124 valence electrons. The molecule has 0 saturated carbocycles. The van der Waals surface area contributed by atoms with Crippen molar-refractivity contribution in [2.24, 2.45) is 0 Å². The number of Topliss-reactive ketones (excluding diaryl/α,β-unsaturated/α-hetero) is 1. The lowest BCUT2D eigenvalue weighted by atomic mass is 10.1. The number of likely N-dealkylation sites (N-methyl/N-ethyl adjacent to an activating group) is 1. The summed E-state index contributed by atoms with van der Waals surface area (Å²) in [5.74, 6) is 0.0802. The van der Waals surface area contributed by atoms with Crippen LogP contribution in [0.1, 0.15) is 30.1 Å². The number of benzene rings is 1. The van der Waals surface area contributed by atoms with Crippen LogP contribution in [0.3, 0.4) is 0 Å². The van der Waals surface area contributed by atoms with Crippen molar-refractivity contribution >= 4 is 21.7 Å². The fourth-order valence-electron chi connectivity index (χ4n) is 2.27. The molecule has 0 bridgehead atoms. The molecule has 1 rings (SSSR count). The number of aliphatic hydroxyl groups excluding tert-OH is 1. The quantitative estimate of drug-likeness (QED) is 0.390. The van der Waals surface area contributed by atoms with E-state index in [2.05, 4.69) is 22.9 Å². The Labute approximate surface area is 141 Å². The Morgan fingerprint density at radius 1 is 1.32 bits per heavy atom. The van der Waals surface area contributed by atoms with E-state index in [-0.39, 0.29) is 5.78 Å². The Hall–Kier alpha value is -0.750. The molecule has 0 amide bonds. The zero-order valence-corrected chi connectivity index (χ0v) is 15.3. The molecule has 4 nitrogen and oxygen atoms in total. The standard InChI is InChI=1S/C17H27BrNO3/c1-4-5-10-22-13-16(20)11-19(2,3)12-17(21)14-6-8-15(18)9-7-14/h6-9,16,20H,4-5,10-13H2,1-3H3/q+1/t16-/m1/s1. The maximum absolute atomic E-state index is 12.3. The number of quaternary nitrogens is 1. The van der Waals surface area contributed by atoms with Gasteiger partial charge in [0.2, 0.25) is 5.78 Å². The minimum atomic E-state index is -0.551. The number of hydrogen-bond donors (Lipinski definition) is 1. The molecule has 0 spiro atoms. The van der Waals surface area contributed by atoms with Gasteiger partial charge in [-0.3, -0.25) is 4.79 Å². The first-order valence-electron chi connectivity index (χ1n) is 7.70. The average Bonchev–Trinajstić information content (AvgIpc) is 2.43. The van der Waals surface area contributed by atoms with Crippen molar-refractivity contribution in [1.82, 2.24) is 0 Å². The molecule has 0 aliphatic heterocycles. The molecule has 0 heterocycles. The van der Waals surface area contributed by atoms with Crippen molar-refractivity contribution in [3.8, 4) is 0 Å². The first kappa shape index (κ1) is 19.3. The second-order valence-corrected chi connectivity index (χ2v) is 7.20. The molecule has 0 radical (unpaired) electrons. The van der Waals surface area contributed by atoms with E-state index in [1.54, 1.807) is 0 Å². The summed E-state index contributed by atoms with van der Waals surface area (Å²) in [6, 6.07) is 7.36. The molecule has 1 N–H and O–H groups in total. The zero-order chi connectivity index (χ0) is 16.6. The van der Waals surface area contributed by atoms with Crippen LogP contribution in [0.5, 0.6) is 0 Å². The number of nitrogens with zero attached hydrogens (tertiary/aromatic N) is 1. The highest BCUT2D eigenvalue weighted by Gasteiger charge is 2.24. The summed E-state index contributed by atoms with van der Waals surface area (Å²) in [6.45, 7) is 3.96. The Kier molecular flexibility index (Phi) is 8.25. The van der Waals surface area contributed by atoms with Gasteiger partial charge in [-0.1, -0.05) is 41.4 Å².